The number of amidine groups is 1. The summed E-state index contributed by atoms with van der Waals surface area (Å²) in [5.41, 5.74) is 7.40. The van der Waals surface area contributed by atoms with Gasteiger partial charge < -0.3 is 15.7 Å². The second kappa shape index (κ2) is 6.20. The Morgan fingerprint density at radius 2 is 2.00 bits per heavy atom. The molecule has 2 aromatic rings. The minimum Gasteiger partial charge on any atom is -0.455 e. The highest BCUT2D eigenvalue weighted by Gasteiger charge is 2.16. The highest BCUT2D eigenvalue weighted by molar-refractivity contribution is 6.42. The molecule has 0 atom stereocenters. The maximum Gasteiger partial charge on any atom is 0.175 e. The fourth-order valence-corrected chi connectivity index (χ4v) is 2.25. The molecule has 1 heterocycles. The van der Waals surface area contributed by atoms with E-state index in [0.29, 0.717) is 27.8 Å². The maximum absolute atomic E-state index is 8.90. The van der Waals surface area contributed by atoms with Gasteiger partial charge in [-0.25, -0.2) is 0 Å². The van der Waals surface area contributed by atoms with E-state index in [9.17, 15) is 0 Å². The van der Waals surface area contributed by atoms with Crippen molar-refractivity contribution >= 4 is 29.0 Å². The molecule has 5 nitrogen and oxygen atoms in total. The number of aryl methyl sites for hydroxylation is 2. The van der Waals surface area contributed by atoms with Gasteiger partial charge in [-0.15, -0.1) is 0 Å². The first-order valence-corrected chi connectivity index (χ1v) is 6.77. The topological polar surface area (TPSA) is 80.7 Å². The van der Waals surface area contributed by atoms with Crippen molar-refractivity contribution in [3.8, 4) is 11.5 Å². The molecular formula is C14H13Cl2N3O2. The number of hydrogen-bond acceptors (Lipinski definition) is 4. The van der Waals surface area contributed by atoms with Gasteiger partial charge in [0.25, 0.3) is 0 Å². The fourth-order valence-electron chi connectivity index (χ4n) is 1.92. The summed E-state index contributed by atoms with van der Waals surface area (Å²) in [6.45, 7) is 3.56. The molecule has 0 amide bonds. The molecule has 2 rings (SSSR count). The standard InChI is InChI=1S/C14H13Cl2N3O2/c1-7-6-11(12(8(2)18-7)14(17)19-20)21-10-5-3-4-9(15)13(10)16/h3-6,20H,1-2H3,(H2,17,19). The Bertz CT molecular complexity index is 718. The third-order valence-corrected chi connectivity index (χ3v) is 3.59. The third-order valence-electron chi connectivity index (χ3n) is 2.79. The van der Waals surface area contributed by atoms with Crippen LogP contribution in [0.15, 0.2) is 29.4 Å². The largest absolute Gasteiger partial charge is 0.455 e. The molecule has 0 aliphatic rings. The number of oxime groups is 1. The van der Waals surface area contributed by atoms with Crippen molar-refractivity contribution in [2.45, 2.75) is 13.8 Å². The second-order valence-corrected chi connectivity index (χ2v) is 5.15. The first-order chi connectivity index (χ1) is 9.93. The second-order valence-electron chi connectivity index (χ2n) is 4.36. The Balaban J connectivity index is 2.56. The summed E-state index contributed by atoms with van der Waals surface area (Å²) in [5, 5.41) is 12.6. The van der Waals surface area contributed by atoms with Gasteiger partial charge in [0, 0.05) is 11.8 Å². The summed E-state index contributed by atoms with van der Waals surface area (Å²) in [7, 11) is 0. The summed E-state index contributed by atoms with van der Waals surface area (Å²) >= 11 is 12.1. The normalized spacial score (nSPS) is 11.5. The first-order valence-electron chi connectivity index (χ1n) is 6.02. The number of rotatable bonds is 3. The van der Waals surface area contributed by atoms with Crippen molar-refractivity contribution in [1.82, 2.24) is 4.98 Å². The molecule has 0 unspecified atom stereocenters. The van der Waals surface area contributed by atoms with Crippen LogP contribution < -0.4 is 10.5 Å². The van der Waals surface area contributed by atoms with Crippen LogP contribution in [0.5, 0.6) is 11.5 Å². The molecule has 1 aromatic heterocycles. The summed E-state index contributed by atoms with van der Waals surface area (Å²) < 4.78 is 5.78. The van der Waals surface area contributed by atoms with Crippen LogP contribution in [0.2, 0.25) is 10.0 Å². The van der Waals surface area contributed by atoms with Gasteiger partial charge in [-0.3, -0.25) is 4.98 Å². The van der Waals surface area contributed by atoms with Gasteiger partial charge in [-0.2, -0.15) is 0 Å². The number of hydrogen-bond donors (Lipinski definition) is 2. The molecule has 0 bridgehead atoms. The van der Waals surface area contributed by atoms with Gasteiger partial charge in [0.05, 0.1) is 16.3 Å². The number of halogens is 2. The van der Waals surface area contributed by atoms with Crippen molar-refractivity contribution in [2.75, 3.05) is 0 Å². The molecule has 0 fully saturated rings. The van der Waals surface area contributed by atoms with Gasteiger partial charge >= 0.3 is 0 Å². The van der Waals surface area contributed by atoms with E-state index in [2.05, 4.69) is 10.1 Å². The van der Waals surface area contributed by atoms with Gasteiger partial charge in [0.15, 0.2) is 5.84 Å². The molecule has 0 aliphatic carbocycles. The number of nitrogens with zero attached hydrogens (tertiary/aromatic N) is 2. The lowest BCUT2D eigenvalue weighted by atomic mass is 10.1. The summed E-state index contributed by atoms with van der Waals surface area (Å²) in [6.07, 6.45) is 0. The van der Waals surface area contributed by atoms with Crippen LogP contribution in [-0.2, 0) is 0 Å². The average Bonchev–Trinajstić information content (AvgIpc) is 2.42. The number of nitrogens with two attached hydrogens (primary N) is 1. The van der Waals surface area contributed by atoms with E-state index in [-0.39, 0.29) is 10.9 Å². The Morgan fingerprint density at radius 3 is 2.67 bits per heavy atom. The molecule has 1 aromatic carbocycles. The van der Waals surface area contributed by atoms with E-state index in [1.54, 1.807) is 31.2 Å². The Hall–Kier alpha value is -1.98. The highest BCUT2D eigenvalue weighted by Crippen LogP contribution is 2.36. The molecule has 0 saturated carbocycles. The molecule has 0 saturated heterocycles. The van der Waals surface area contributed by atoms with Crippen molar-refractivity contribution in [3.63, 3.8) is 0 Å². The Morgan fingerprint density at radius 1 is 1.29 bits per heavy atom. The van der Waals surface area contributed by atoms with Crippen molar-refractivity contribution < 1.29 is 9.94 Å². The first kappa shape index (κ1) is 15.4. The molecule has 0 radical (unpaired) electrons. The van der Waals surface area contributed by atoms with Gasteiger partial charge in [-0.1, -0.05) is 34.4 Å². The van der Waals surface area contributed by atoms with Crippen LogP contribution >= 0.6 is 23.2 Å². The molecule has 110 valence electrons. The predicted octanol–water partition coefficient (Wildman–Crippen LogP) is 3.89. The Labute approximate surface area is 132 Å². The fraction of sp³-hybridized carbons (Fsp3) is 0.143. The highest BCUT2D eigenvalue weighted by atomic mass is 35.5. The van der Waals surface area contributed by atoms with Crippen molar-refractivity contribution in [2.24, 2.45) is 10.9 Å². The third kappa shape index (κ3) is 3.20. The van der Waals surface area contributed by atoms with E-state index >= 15 is 0 Å². The van der Waals surface area contributed by atoms with Crippen LogP contribution in [0.1, 0.15) is 17.0 Å². The summed E-state index contributed by atoms with van der Waals surface area (Å²) in [4.78, 5) is 4.27. The lowest BCUT2D eigenvalue weighted by Crippen LogP contribution is -2.17. The number of ether oxygens (including phenoxy) is 1. The zero-order valence-corrected chi connectivity index (χ0v) is 12.9. The minimum absolute atomic E-state index is 0.0897. The van der Waals surface area contributed by atoms with Crippen LogP contribution in [0, 0.1) is 13.8 Å². The number of benzene rings is 1. The van der Waals surface area contributed by atoms with Crippen LogP contribution in [-0.4, -0.2) is 16.0 Å². The minimum atomic E-state index is -0.0897. The molecule has 0 aliphatic heterocycles. The zero-order valence-electron chi connectivity index (χ0n) is 11.4. The van der Waals surface area contributed by atoms with Gasteiger partial charge in [0.2, 0.25) is 0 Å². The zero-order chi connectivity index (χ0) is 15.6. The van der Waals surface area contributed by atoms with E-state index < -0.39 is 0 Å². The van der Waals surface area contributed by atoms with E-state index in [4.69, 9.17) is 38.9 Å². The van der Waals surface area contributed by atoms with Crippen molar-refractivity contribution in [1.29, 1.82) is 0 Å². The average molecular weight is 326 g/mol. The monoisotopic (exact) mass is 325 g/mol. The lowest BCUT2D eigenvalue weighted by Gasteiger charge is -2.14. The molecule has 3 N–H and O–H groups in total. The summed E-state index contributed by atoms with van der Waals surface area (Å²) in [6, 6.07) is 6.73. The molecule has 21 heavy (non-hydrogen) atoms. The van der Waals surface area contributed by atoms with Crippen LogP contribution in [0.3, 0.4) is 0 Å². The molecular weight excluding hydrogens is 313 g/mol. The Kier molecular flexibility index (Phi) is 4.55. The summed E-state index contributed by atoms with van der Waals surface area (Å²) in [5.74, 6) is 0.675. The quantitative estimate of drug-likeness (QED) is 0.388. The van der Waals surface area contributed by atoms with Gasteiger partial charge in [-0.05, 0) is 26.0 Å². The maximum atomic E-state index is 8.90. The SMILES string of the molecule is Cc1cc(Oc2cccc(Cl)c2Cl)c(/C(N)=N/O)c(C)n1. The van der Waals surface area contributed by atoms with E-state index in [1.807, 2.05) is 6.92 Å². The lowest BCUT2D eigenvalue weighted by molar-refractivity contribution is 0.318. The molecule has 0 spiro atoms. The molecule has 7 heteroatoms. The number of pyridine rings is 1. The predicted molar refractivity (Wildman–Crippen MR) is 82.8 cm³/mol. The van der Waals surface area contributed by atoms with E-state index in [0.717, 1.165) is 5.69 Å². The van der Waals surface area contributed by atoms with Crippen LogP contribution in [0.25, 0.3) is 0 Å². The smallest absolute Gasteiger partial charge is 0.175 e. The number of aromatic nitrogens is 1. The van der Waals surface area contributed by atoms with Crippen LogP contribution in [0.4, 0.5) is 0 Å². The van der Waals surface area contributed by atoms with Gasteiger partial charge in [0.1, 0.15) is 16.5 Å². The van der Waals surface area contributed by atoms with E-state index in [1.165, 1.54) is 0 Å². The van der Waals surface area contributed by atoms with Crippen molar-refractivity contribution in [3.05, 3.63) is 51.3 Å².